The van der Waals surface area contributed by atoms with Crippen molar-refractivity contribution in [2.45, 2.75) is 5.66 Å². The third-order valence-electron chi connectivity index (χ3n) is 3.22. The van der Waals surface area contributed by atoms with Crippen LogP contribution in [0.25, 0.3) is 0 Å². The molecule has 1 atom stereocenters. The molecule has 0 bridgehead atoms. The molecule has 0 saturated heterocycles. The van der Waals surface area contributed by atoms with Crippen molar-refractivity contribution in [3.63, 3.8) is 0 Å². The SMILES string of the molecule is COC(=O)C(C(=O)OC)C(c1ccccc1)P(=O)(OC)OC. The minimum Gasteiger partial charge on any atom is -0.468 e. The zero-order valence-corrected chi connectivity index (χ0v) is 13.7. The summed E-state index contributed by atoms with van der Waals surface area (Å²) in [5.41, 5.74) is -0.737. The zero-order valence-electron chi connectivity index (χ0n) is 12.8. The van der Waals surface area contributed by atoms with E-state index < -0.39 is 31.1 Å². The van der Waals surface area contributed by atoms with Gasteiger partial charge < -0.3 is 18.5 Å². The fraction of sp³-hybridized carbons (Fsp3) is 0.429. The molecule has 0 N–H and O–H groups in total. The van der Waals surface area contributed by atoms with Crippen LogP contribution in [0.1, 0.15) is 11.2 Å². The second-order valence-corrected chi connectivity index (χ2v) is 6.65. The molecule has 0 radical (unpaired) electrons. The second-order valence-electron chi connectivity index (χ2n) is 4.28. The van der Waals surface area contributed by atoms with Gasteiger partial charge in [0.15, 0.2) is 5.92 Å². The maximum Gasteiger partial charge on any atom is 0.339 e. The van der Waals surface area contributed by atoms with E-state index in [-0.39, 0.29) is 0 Å². The van der Waals surface area contributed by atoms with Crippen LogP contribution >= 0.6 is 7.60 Å². The molecule has 0 heterocycles. The molecule has 0 amide bonds. The van der Waals surface area contributed by atoms with E-state index in [2.05, 4.69) is 9.47 Å². The molecule has 8 heteroatoms. The third-order valence-corrected chi connectivity index (χ3v) is 5.51. The lowest BCUT2D eigenvalue weighted by Gasteiger charge is -2.28. The third kappa shape index (κ3) is 3.74. The van der Waals surface area contributed by atoms with Crippen molar-refractivity contribution in [1.82, 2.24) is 0 Å². The van der Waals surface area contributed by atoms with Gasteiger partial charge in [0.2, 0.25) is 0 Å². The van der Waals surface area contributed by atoms with Gasteiger partial charge in [-0.15, -0.1) is 0 Å². The first-order valence-corrected chi connectivity index (χ1v) is 7.98. The molecule has 0 fully saturated rings. The standard InChI is InChI=1S/C14H19O7P/c1-18-13(15)11(14(16)19-2)12(22(17,20-3)21-4)10-8-6-5-7-9-10/h5-9,11-12H,1-4H3. The number of methoxy groups -OCH3 is 2. The van der Waals surface area contributed by atoms with Crippen LogP contribution in [0.4, 0.5) is 0 Å². The van der Waals surface area contributed by atoms with Crippen molar-refractivity contribution in [2.75, 3.05) is 28.4 Å². The van der Waals surface area contributed by atoms with E-state index in [1.54, 1.807) is 30.3 Å². The maximum absolute atomic E-state index is 12.9. The second kappa shape index (κ2) is 8.08. The molecule has 0 saturated carbocycles. The molecule has 7 nitrogen and oxygen atoms in total. The quantitative estimate of drug-likeness (QED) is 0.430. The van der Waals surface area contributed by atoms with E-state index in [9.17, 15) is 14.2 Å². The van der Waals surface area contributed by atoms with Crippen LogP contribution in [-0.2, 0) is 32.7 Å². The lowest BCUT2D eigenvalue weighted by atomic mass is 9.98. The normalized spacial score (nSPS) is 12.8. The molecule has 1 unspecified atom stereocenters. The fourth-order valence-corrected chi connectivity index (χ4v) is 3.87. The number of hydrogen-bond donors (Lipinski definition) is 0. The van der Waals surface area contributed by atoms with Gasteiger partial charge in [-0.1, -0.05) is 30.3 Å². The highest BCUT2D eigenvalue weighted by atomic mass is 31.2. The summed E-state index contributed by atoms with van der Waals surface area (Å²) in [5.74, 6) is -3.23. The van der Waals surface area contributed by atoms with Crippen LogP contribution in [0.15, 0.2) is 30.3 Å². The number of esters is 2. The van der Waals surface area contributed by atoms with Crippen LogP contribution < -0.4 is 0 Å². The van der Waals surface area contributed by atoms with E-state index in [1.807, 2.05) is 0 Å². The highest BCUT2D eigenvalue weighted by Gasteiger charge is 2.49. The Bertz CT molecular complexity index is 534. The van der Waals surface area contributed by atoms with Crippen molar-refractivity contribution < 1.29 is 32.7 Å². The maximum atomic E-state index is 12.9. The van der Waals surface area contributed by atoms with E-state index in [4.69, 9.17) is 9.05 Å². The van der Waals surface area contributed by atoms with Crippen molar-refractivity contribution in [3.8, 4) is 0 Å². The van der Waals surface area contributed by atoms with E-state index in [0.29, 0.717) is 5.56 Å². The lowest BCUT2D eigenvalue weighted by Crippen LogP contribution is -2.32. The lowest BCUT2D eigenvalue weighted by molar-refractivity contribution is -0.159. The molecule has 0 aliphatic carbocycles. The molecule has 1 aromatic carbocycles. The summed E-state index contributed by atoms with van der Waals surface area (Å²) in [5, 5.41) is 0. The van der Waals surface area contributed by atoms with Gasteiger partial charge in [0.25, 0.3) is 0 Å². The summed E-state index contributed by atoms with van der Waals surface area (Å²) in [6.45, 7) is 0. The highest BCUT2D eigenvalue weighted by molar-refractivity contribution is 7.54. The molecular weight excluding hydrogens is 311 g/mol. The summed E-state index contributed by atoms with van der Waals surface area (Å²) in [6, 6.07) is 8.35. The predicted molar refractivity (Wildman–Crippen MR) is 78.3 cm³/mol. The first kappa shape index (κ1) is 18.4. The van der Waals surface area contributed by atoms with Gasteiger partial charge in [-0.3, -0.25) is 14.2 Å². The summed E-state index contributed by atoms with van der Waals surface area (Å²) >= 11 is 0. The number of carbonyl (C=O) groups is 2. The Labute approximate surface area is 129 Å². The Morgan fingerprint density at radius 1 is 0.909 bits per heavy atom. The van der Waals surface area contributed by atoms with E-state index in [0.717, 1.165) is 14.2 Å². The molecule has 122 valence electrons. The van der Waals surface area contributed by atoms with E-state index in [1.165, 1.54) is 14.2 Å². The van der Waals surface area contributed by atoms with Crippen molar-refractivity contribution in [1.29, 1.82) is 0 Å². The Hall–Kier alpha value is -1.69. The number of rotatable bonds is 7. The number of carbonyl (C=O) groups excluding carboxylic acids is 2. The monoisotopic (exact) mass is 330 g/mol. The van der Waals surface area contributed by atoms with Crippen LogP contribution in [0.5, 0.6) is 0 Å². The summed E-state index contributed by atoms with van der Waals surface area (Å²) in [4.78, 5) is 24.1. The van der Waals surface area contributed by atoms with Crippen molar-refractivity contribution in [3.05, 3.63) is 35.9 Å². The number of hydrogen-bond acceptors (Lipinski definition) is 7. The molecule has 0 aliphatic heterocycles. The molecule has 22 heavy (non-hydrogen) atoms. The number of ether oxygens (including phenoxy) is 2. The molecule has 1 rings (SSSR count). The van der Waals surface area contributed by atoms with Crippen LogP contribution in [-0.4, -0.2) is 40.4 Å². The summed E-state index contributed by atoms with van der Waals surface area (Å²) in [6.07, 6.45) is 0. The Kier molecular flexibility index (Phi) is 6.74. The Morgan fingerprint density at radius 2 is 1.36 bits per heavy atom. The van der Waals surface area contributed by atoms with Gasteiger partial charge in [-0.05, 0) is 5.56 Å². The van der Waals surface area contributed by atoms with E-state index >= 15 is 0 Å². The fourth-order valence-electron chi connectivity index (χ4n) is 2.12. The van der Waals surface area contributed by atoms with Crippen LogP contribution in [0.3, 0.4) is 0 Å². The van der Waals surface area contributed by atoms with Crippen molar-refractivity contribution in [2.24, 2.45) is 5.92 Å². The van der Waals surface area contributed by atoms with Crippen LogP contribution in [0, 0.1) is 5.92 Å². The van der Waals surface area contributed by atoms with Gasteiger partial charge in [0, 0.05) is 14.2 Å². The first-order chi connectivity index (χ1) is 10.4. The first-order valence-electron chi connectivity index (χ1n) is 6.37. The smallest absolute Gasteiger partial charge is 0.339 e. The van der Waals surface area contributed by atoms with Gasteiger partial charge in [0.1, 0.15) is 5.66 Å². The number of benzene rings is 1. The minimum atomic E-state index is -3.81. The van der Waals surface area contributed by atoms with Gasteiger partial charge >= 0.3 is 19.5 Å². The van der Waals surface area contributed by atoms with Gasteiger partial charge in [0.05, 0.1) is 14.2 Å². The minimum absolute atomic E-state index is 0.440. The zero-order chi connectivity index (χ0) is 16.8. The molecule has 0 spiro atoms. The average molecular weight is 330 g/mol. The van der Waals surface area contributed by atoms with Crippen LogP contribution in [0.2, 0.25) is 0 Å². The summed E-state index contributed by atoms with van der Waals surface area (Å²) < 4.78 is 32.2. The largest absolute Gasteiger partial charge is 0.468 e. The topological polar surface area (TPSA) is 88.1 Å². The molecule has 1 aromatic rings. The predicted octanol–water partition coefficient (Wildman–Crippen LogP) is 2.18. The van der Waals surface area contributed by atoms with Gasteiger partial charge in [-0.2, -0.15) is 0 Å². The Balaban J connectivity index is 3.50. The van der Waals surface area contributed by atoms with Crippen molar-refractivity contribution >= 4 is 19.5 Å². The Morgan fingerprint density at radius 3 is 1.73 bits per heavy atom. The highest BCUT2D eigenvalue weighted by Crippen LogP contribution is 2.63. The molecular formula is C14H19O7P. The van der Waals surface area contributed by atoms with Gasteiger partial charge in [-0.25, -0.2) is 0 Å². The molecule has 0 aromatic heterocycles. The molecule has 0 aliphatic rings. The summed E-state index contributed by atoms with van der Waals surface area (Å²) in [7, 11) is 0.827. The average Bonchev–Trinajstić information content (AvgIpc) is 2.58.